The minimum absolute atomic E-state index is 0.000463. The van der Waals surface area contributed by atoms with Crippen molar-refractivity contribution in [2.45, 2.75) is 37.1 Å². The van der Waals surface area contributed by atoms with E-state index in [0.29, 0.717) is 39.8 Å². The molecule has 1 atom stereocenters. The number of phenolic OH excluding ortho intramolecular Hbond substituents is 1. The van der Waals surface area contributed by atoms with Gasteiger partial charge in [-0.3, -0.25) is 19.0 Å². The summed E-state index contributed by atoms with van der Waals surface area (Å²) in [5.74, 6) is -5.19. The number of unbranched alkanes of at least 4 members (excludes halogenated alkanes) is 1. The average molecular weight is 822 g/mol. The summed E-state index contributed by atoms with van der Waals surface area (Å²) in [5, 5.41) is 58.5. The number of phenols is 2. The topological polar surface area (TPSA) is 269 Å². The van der Waals surface area contributed by atoms with Crippen molar-refractivity contribution in [2.24, 2.45) is 10.2 Å². The third-order valence-corrected chi connectivity index (χ3v) is 9.86. The number of aromatic hydroxyl groups is 2. The molecule has 6 aromatic carbocycles. The zero-order chi connectivity index (χ0) is 43.0. The zero-order valence-electron chi connectivity index (χ0n) is 31.0. The van der Waals surface area contributed by atoms with E-state index in [9.17, 15) is 52.3 Å². The lowest BCUT2D eigenvalue weighted by Crippen LogP contribution is -2.44. The standard InChI is InChI=1S/C21H14N2O6S.C11H8O3.C10H13NO4/c24-20-16(21(25)26)11-13-6-2-4-8-15(13)19(20)23-22-18-14-7-3-1-5-12(14)9-10-17(18)30(27,28)29;12-10-6-8(11(13)14)5-7-3-1-2-4-9(7)10;1-2-3-4-7(10(14)15)11-8(12)5-6-9(11)13/h1-11,24H,(H,25,26)(H,27,28,29);1-6,12H,(H,13,14);5-7H,2-4H2,1H3,(H,14,15). The molecule has 0 bridgehead atoms. The predicted molar refractivity (Wildman–Crippen MR) is 215 cm³/mol. The lowest BCUT2D eigenvalue weighted by Gasteiger charge is -2.21. The molecular formula is C42H35N3O13S. The van der Waals surface area contributed by atoms with Crippen LogP contribution in [0.4, 0.5) is 11.4 Å². The normalized spacial score (nSPS) is 12.9. The quantitative estimate of drug-likeness (QED) is 0.0437. The van der Waals surface area contributed by atoms with Crippen LogP contribution in [-0.2, 0) is 24.5 Å². The van der Waals surface area contributed by atoms with Crippen LogP contribution in [0.25, 0.3) is 32.3 Å². The van der Waals surface area contributed by atoms with Gasteiger partial charge in [0.25, 0.3) is 21.9 Å². The van der Waals surface area contributed by atoms with Crippen LogP contribution in [0, 0.1) is 0 Å². The fourth-order valence-electron chi connectivity index (χ4n) is 6.12. The molecule has 0 aliphatic carbocycles. The van der Waals surface area contributed by atoms with Crippen LogP contribution in [0.5, 0.6) is 11.5 Å². The monoisotopic (exact) mass is 821 g/mol. The number of amides is 2. The van der Waals surface area contributed by atoms with Crippen LogP contribution in [0.15, 0.2) is 130 Å². The number of carboxylic acids is 3. The van der Waals surface area contributed by atoms with Gasteiger partial charge in [-0.25, -0.2) is 14.4 Å². The van der Waals surface area contributed by atoms with E-state index in [2.05, 4.69) is 10.2 Å². The van der Waals surface area contributed by atoms with Crippen LogP contribution in [0.3, 0.4) is 0 Å². The summed E-state index contributed by atoms with van der Waals surface area (Å²) in [4.78, 5) is 55.9. The van der Waals surface area contributed by atoms with E-state index in [4.69, 9.17) is 10.2 Å². The first-order valence-corrected chi connectivity index (χ1v) is 19.1. The zero-order valence-corrected chi connectivity index (χ0v) is 31.8. The molecule has 59 heavy (non-hydrogen) atoms. The summed E-state index contributed by atoms with van der Waals surface area (Å²) in [6, 6.07) is 26.4. The van der Waals surface area contributed by atoms with Gasteiger partial charge in [0.15, 0.2) is 5.75 Å². The van der Waals surface area contributed by atoms with E-state index < -0.39 is 56.5 Å². The van der Waals surface area contributed by atoms with Crippen molar-refractivity contribution in [1.82, 2.24) is 4.90 Å². The van der Waals surface area contributed by atoms with E-state index in [-0.39, 0.29) is 28.3 Å². The Morgan fingerprint density at radius 1 is 0.678 bits per heavy atom. The number of fused-ring (bicyclic) bond motifs is 3. The molecular weight excluding hydrogens is 787 g/mol. The van der Waals surface area contributed by atoms with Crippen molar-refractivity contribution in [3.8, 4) is 11.5 Å². The number of hydrogen-bond acceptors (Lipinski definition) is 11. The molecule has 0 aromatic heterocycles. The van der Waals surface area contributed by atoms with Gasteiger partial charge in [-0.05, 0) is 46.8 Å². The third-order valence-electron chi connectivity index (χ3n) is 8.98. The highest BCUT2D eigenvalue weighted by molar-refractivity contribution is 7.86. The van der Waals surface area contributed by atoms with Gasteiger partial charge in [-0.2, -0.15) is 8.42 Å². The fraction of sp³-hybridized carbons (Fsp3) is 0.119. The van der Waals surface area contributed by atoms with E-state index in [1.165, 1.54) is 30.3 Å². The molecule has 17 heteroatoms. The largest absolute Gasteiger partial charge is 0.507 e. The molecule has 2 amide bonds. The minimum atomic E-state index is -4.61. The summed E-state index contributed by atoms with van der Waals surface area (Å²) in [7, 11) is -4.61. The lowest BCUT2D eigenvalue weighted by molar-refractivity contribution is -0.153. The van der Waals surface area contributed by atoms with Crippen molar-refractivity contribution in [1.29, 1.82) is 0 Å². The van der Waals surface area contributed by atoms with Crippen LogP contribution >= 0.6 is 0 Å². The predicted octanol–water partition coefficient (Wildman–Crippen LogP) is 7.86. The maximum atomic E-state index is 11.9. The number of benzene rings is 6. The summed E-state index contributed by atoms with van der Waals surface area (Å²) >= 11 is 0. The average Bonchev–Trinajstić information content (AvgIpc) is 3.53. The van der Waals surface area contributed by atoms with Gasteiger partial charge in [-0.15, -0.1) is 10.2 Å². The Labute approximate surface area is 335 Å². The molecule has 0 radical (unpaired) electrons. The second-order valence-electron chi connectivity index (χ2n) is 12.9. The highest BCUT2D eigenvalue weighted by atomic mass is 32.2. The lowest BCUT2D eigenvalue weighted by atomic mass is 10.0. The Balaban J connectivity index is 0.000000190. The summed E-state index contributed by atoms with van der Waals surface area (Å²) in [6.07, 6.45) is 4.01. The van der Waals surface area contributed by atoms with Crippen molar-refractivity contribution in [3.63, 3.8) is 0 Å². The number of carboxylic acid groups (broad SMARTS) is 3. The molecule has 1 aliphatic rings. The van der Waals surface area contributed by atoms with Crippen LogP contribution in [0.2, 0.25) is 0 Å². The molecule has 1 unspecified atom stereocenters. The first kappa shape index (κ1) is 42.6. The number of azo groups is 1. The second-order valence-corrected chi connectivity index (χ2v) is 14.2. The Bertz CT molecular complexity index is 2800. The summed E-state index contributed by atoms with van der Waals surface area (Å²) < 4.78 is 33.3. The van der Waals surface area contributed by atoms with E-state index in [0.717, 1.165) is 28.9 Å². The molecule has 6 aromatic rings. The van der Waals surface area contributed by atoms with Crippen LogP contribution < -0.4 is 0 Å². The molecule has 7 rings (SSSR count). The van der Waals surface area contributed by atoms with Crippen molar-refractivity contribution < 1.29 is 62.5 Å². The maximum Gasteiger partial charge on any atom is 0.339 e. The number of rotatable bonds is 10. The number of hydrogen-bond donors (Lipinski definition) is 6. The van der Waals surface area contributed by atoms with Crippen molar-refractivity contribution >= 4 is 83.5 Å². The number of carbonyl (C=O) groups is 5. The van der Waals surface area contributed by atoms with Crippen molar-refractivity contribution in [3.05, 3.63) is 126 Å². The summed E-state index contributed by atoms with van der Waals surface area (Å²) in [6.45, 7) is 1.92. The first-order chi connectivity index (χ1) is 28.0. The molecule has 0 fully saturated rings. The van der Waals surface area contributed by atoms with Gasteiger partial charge in [0.2, 0.25) is 0 Å². The van der Waals surface area contributed by atoms with Gasteiger partial charge >= 0.3 is 17.9 Å². The molecule has 1 heterocycles. The molecule has 1 aliphatic heterocycles. The molecule has 0 saturated carbocycles. The number of carbonyl (C=O) groups excluding carboxylic acids is 2. The fourth-order valence-corrected chi connectivity index (χ4v) is 6.76. The molecule has 0 saturated heterocycles. The van der Waals surface area contributed by atoms with Gasteiger partial charge in [0.1, 0.15) is 33.6 Å². The highest BCUT2D eigenvalue weighted by Gasteiger charge is 2.35. The van der Waals surface area contributed by atoms with Crippen molar-refractivity contribution in [2.75, 3.05) is 0 Å². The van der Waals surface area contributed by atoms with Gasteiger partial charge in [0, 0.05) is 28.3 Å². The first-order valence-electron chi connectivity index (χ1n) is 17.7. The molecule has 16 nitrogen and oxygen atoms in total. The maximum absolute atomic E-state index is 11.9. The Kier molecular flexibility index (Phi) is 13.1. The number of aliphatic carboxylic acids is 1. The van der Waals surface area contributed by atoms with E-state index in [1.807, 2.05) is 6.92 Å². The molecule has 0 spiro atoms. The highest BCUT2D eigenvalue weighted by Crippen LogP contribution is 2.41. The van der Waals surface area contributed by atoms with Gasteiger partial charge < -0.3 is 25.5 Å². The Morgan fingerprint density at radius 2 is 1.20 bits per heavy atom. The van der Waals surface area contributed by atoms with Gasteiger partial charge in [-0.1, -0.05) is 98.6 Å². The molecule has 302 valence electrons. The van der Waals surface area contributed by atoms with Crippen LogP contribution in [-0.4, -0.2) is 79.2 Å². The van der Waals surface area contributed by atoms with Crippen LogP contribution in [0.1, 0.15) is 46.9 Å². The smallest absolute Gasteiger partial charge is 0.339 e. The summed E-state index contributed by atoms with van der Waals surface area (Å²) in [5.41, 5.74) is -0.517. The van der Waals surface area contributed by atoms with E-state index >= 15 is 0 Å². The number of imide groups is 1. The number of aromatic carboxylic acids is 2. The minimum Gasteiger partial charge on any atom is -0.507 e. The second kappa shape index (κ2) is 18.2. The SMILES string of the molecule is CCCCC(C(=O)O)N1C(=O)C=CC1=O.O=C(O)c1cc(O)c2ccccc2c1.O=C(O)c1cc2ccccc2c(N=Nc2c(S(=O)(=O)O)ccc3ccccc23)c1O. The van der Waals surface area contributed by atoms with E-state index in [1.54, 1.807) is 72.8 Å². The third kappa shape index (κ3) is 9.73. The molecule has 6 N–H and O–H groups in total. The van der Waals surface area contributed by atoms with Gasteiger partial charge in [0.05, 0.1) is 5.56 Å². The Morgan fingerprint density at radius 3 is 1.75 bits per heavy atom. The Hall–Kier alpha value is -7.50. The number of nitrogens with zero attached hydrogens (tertiary/aromatic N) is 3.